The summed E-state index contributed by atoms with van der Waals surface area (Å²) in [5.41, 5.74) is 2.03. The van der Waals surface area contributed by atoms with Crippen LogP contribution in [0.3, 0.4) is 0 Å². The van der Waals surface area contributed by atoms with Gasteiger partial charge in [-0.3, -0.25) is 0 Å². The minimum Gasteiger partial charge on any atom is -0.497 e. The van der Waals surface area contributed by atoms with E-state index in [2.05, 4.69) is 23.4 Å². The van der Waals surface area contributed by atoms with Crippen molar-refractivity contribution in [3.63, 3.8) is 0 Å². The molecule has 0 amide bonds. The number of ether oxygens (including phenoxy) is 1. The molecule has 17 heavy (non-hydrogen) atoms. The van der Waals surface area contributed by atoms with Crippen LogP contribution in [0.1, 0.15) is 38.0 Å². The molecule has 0 aliphatic carbocycles. The number of nitrogens with zero attached hydrogens (tertiary/aromatic N) is 2. The summed E-state index contributed by atoms with van der Waals surface area (Å²) in [6, 6.07) is 6.21. The lowest BCUT2D eigenvalue weighted by molar-refractivity contribution is 0.415. The first-order valence-electron chi connectivity index (χ1n) is 5.74. The highest BCUT2D eigenvalue weighted by Gasteiger charge is 2.17. The van der Waals surface area contributed by atoms with E-state index in [1.54, 1.807) is 7.11 Å². The van der Waals surface area contributed by atoms with Crippen molar-refractivity contribution in [2.75, 3.05) is 7.11 Å². The molecule has 0 bridgehead atoms. The lowest BCUT2D eigenvalue weighted by atomic mass is 10.2. The molecule has 1 heterocycles. The van der Waals surface area contributed by atoms with Crippen LogP contribution in [0.25, 0.3) is 11.0 Å². The molecule has 0 radical (unpaired) electrons. The van der Waals surface area contributed by atoms with Gasteiger partial charge in [0.1, 0.15) is 11.6 Å². The molecule has 1 atom stereocenters. The quantitative estimate of drug-likeness (QED) is 0.774. The largest absolute Gasteiger partial charge is 0.497 e. The van der Waals surface area contributed by atoms with E-state index in [9.17, 15) is 0 Å². The molecule has 0 fully saturated rings. The Bertz CT molecular complexity index is 531. The number of halogens is 1. The Morgan fingerprint density at radius 3 is 2.53 bits per heavy atom. The van der Waals surface area contributed by atoms with Gasteiger partial charge in [-0.25, -0.2) is 4.98 Å². The summed E-state index contributed by atoms with van der Waals surface area (Å²) >= 11 is 6.18. The third kappa shape index (κ3) is 2.12. The van der Waals surface area contributed by atoms with Crippen LogP contribution < -0.4 is 4.74 Å². The second-order valence-corrected chi connectivity index (χ2v) is 5.06. The summed E-state index contributed by atoms with van der Waals surface area (Å²) in [5.74, 6) is 1.75. The van der Waals surface area contributed by atoms with Gasteiger partial charge in [0, 0.05) is 12.1 Å². The van der Waals surface area contributed by atoms with Gasteiger partial charge in [0.2, 0.25) is 0 Å². The monoisotopic (exact) mass is 252 g/mol. The molecule has 1 aromatic carbocycles. The summed E-state index contributed by atoms with van der Waals surface area (Å²) in [4.78, 5) is 4.58. The van der Waals surface area contributed by atoms with Gasteiger partial charge < -0.3 is 9.30 Å². The number of fused-ring (bicyclic) bond motifs is 1. The molecule has 0 saturated heterocycles. The fraction of sp³-hybridized carbons (Fsp3) is 0.462. The van der Waals surface area contributed by atoms with Crippen molar-refractivity contribution in [2.45, 2.75) is 32.2 Å². The maximum atomic E-state index is 6.18. The Hall–Kier alpha value is -1.22. The predicted molar refractivity (Wildman–Crippen MR) is 70.9 cm³/mol. The normalized spacial score (nSPS) is 13.3. The number of imidazole rings is 1. The second-order valence-electron chi connectivity index (χ2n) is 4.40. The van der Waals surface area contributed by atoms with Gasteiger partial charge in [-0.15, -0.1) is 11.6 Å². The second kappa shape index (κ2) is 4.57. The van der Waals surface area contributed by atoms with Gasteiger partial charge in [0.05, 0.1) is 23.5 Å². The number of rotatable bonds is 3. The highest BCUT2D eigenvalue weighted by atomic mass is 35.5. The van der Waals surface area contributed by atoms with Crippen molar-refractivity contribution in [2.24, 2.45) is 0 Å². The standard InChI is InChI=1S/C13H17ClN2O/c1-8(2)16-12-7-10(17-4)5-6-11(12)15-13(16)9(3)14/h5-9H,1-4H3. The van der Waals surface area contributed by atoms with Crippen LogP contribution in [0.2, 0.25) is 0 Å². The average molecular weight is 253 g/mol. The zero-order chi connectivity index (χ0) is 12.6. The number of aromatic nitrogens is 2. The minimum absolute atomic E-state index is 0.101. The molecule has 2 rings (SSSR count). The van der Waals surface area contributed by atoms with Crippen molar-refractivity contribution in [1.29, 1.82) is 0 Å². The minimum atomic E-state index is -0.101. The van der Waals surface area contributed by atoms with E-state index in [4.69, 9.17) is 16.3 Å². The van der Waals surface area contributed by atoms with Gasteiger partial charge >= 0.3 is 0 Å². The molecule has 0 aliphatic heterocycles. The third-order valence-corrected chi connectivity index (χ3v) is 2.99. The molecular weight excluding hydrogens is 236 g/mol. The predicted octanol–water partition coefficient (Wildman–Crippen LogP) is 3.93. The Labute approximate surface area is 106 Å². The zero-order valence-corrected chi connectivity index (χ0v) is 11.3. The van der Waals surface area contributed by atoms with Crippen LogP contribution in [0.4, 0.5) is 0 Å². The van der Waals surface area contributed by atoms with Crippen molar-refractivity contribution < 1.29 is 4.74 Å². The number of hydrogen-bond acceptors (Lipinski definition) is 2. The zero-order valence-electron chi connectivity index (χ0n) is 10.6. The van der Waals surface area contributed by atoms with Crippen LogP contribution in [0.5, 0.6) is 5.75 Å². The number of alkyl halides is 1. The molecule has 0 spiro atoms. The van der Waals surface area contributed by atoms with E-state index in [-0.39, 0.29) is 5.38 Å². The molecular formula is C13H17ClN2O. The van der Waals surface area contributed by atoms with Crippen molar-refractivity contribution in [3.8, 4) is 5.75 Å². The van der Waals surface area contributed by atoms with Gasteiger partial charge in [0.25, 0.3) is 0 Å². The van der Waals surface area contributed by atoms with Gasteiger partial charge in [-0.05, 0) is 32.9 Å². The van der Waals surface area contributed by atoms with Crippen molar-refractivity contribution in [3.05, 3.63) is 24.0 Å². The molecule has 2 aromatic rings. The molecule has 0 aliphatic rings. The van der Waals surface area contributed by atoms with E-state index in [1.807, 2.05) is 25.1 Å². The van der Waals surface area contributed by atoms with Gasteiger partial charge in [0.15, 0.2) is 0 Å². The van der Waals surface area contributed by atoms with E-state index < -0.39 is 0 Å². The van der Waals surface area contributed by atoms with E-state index in [0.717, 1.165) is 22.6 Å². The van der Waals surface area contributed by atoms with E-state index in [0.29, 0.717) is 6.04 Å². The summed E-state index contributed by atoms with van der Waals surface area (Å²) < 4.78 is 7.41. The van der Waals surface area contributed by atoms with Crippen LogP contribution >= 0.6 is 11.6 Å². The first-order chi connectivity index (χ1) is 8.04. The average Bonchev–Trinajstić information content (AvgIpc) is 2.66. The number of hydrogen-bond donors (Lipinski definition) is 0. The number of benzene rings is 1. The Balaban J connectivity index is 2.72. The topological polar surface area (TPSA) is 27.1 Å². The Kier molecular flexibility index (Phi) is 3.29. The van der Waals surface area contributed by atoms with Gasteiger partial charge in [-0.1, -0.05) is 0 Å². The Morgan fingerprint density at radius 2 is 2.00 bits per heavy atom. The van der Waals surface area contributed by atoms with E-state index in [1.165, 1.54) is 0 Å². The van der Waals surface area contributed by atoms with Crippen LogP contribution in [0.15, 0.2) is 18.2 Å². The maximum Gasteiger partial charge on any atom is 0.127 e. The summed E-state index contributed by atoms with van der Waals surface area (Å²) in [6.45, 7) is 6.20. The van der Waals surface area contributed by atoms with Crippen LogP contribution in [0, 0.1) is 0 Å². The third-order valence-electron chi connectivity index (χ3n) is 2.80. The SMILES string of the molecule is COc1ccc2nc(C(C)Cl)n(C(C)C)c2c1. The van der Waals surface area contributed by atoms with Crippen molar-refractivity contribution >= 4 is 22.6 Å². The lowest BCUT2D eigenvalue weighted by Crippen LogP contribution is -2.06. The maximum absolute atomic E-state index is 6.18. The molecule has 92 valence electrons. The fourth-order valence-electron chi connectivity index (χ4n) is 2.04. The summed E-state index contributed by atoms with van der Waals surface area (Å²) in [7, 11) is 1.67. The van der Waals surface area contributed by atoms with E-state index >= 15 is 0 Å². The highest BCUT2D eigenvalue weighted by molar-refractivity contribution is 6.20. The molecule has 0 saturated carbocycles. The molecule has 1 unspecified atom stereocenters. The summed E-state index contributed by atoms with van der Waals surface area (Å²) in [5, 5.41) is -0.101. The molecule has 1 aromatic heterocycles. The van der Waals surface area contributed by atoms with Crippen LogP contribution in [-0.2, 0) is 0 Å². The summed E-state index contributed by atoms with van der Waals surface area (Å²) in [6.07, 6.45) is 0. The molecule has 3 nitrogen and oxygen atoms in total. The Morgan fingerprint density at radius 1 is 1.29 bits per heavy atom. The van der Waals surface area contributed by atoms with Gasteiger partial charge in [-0.2, -0.15) is 0 Å². The highest BCUT2D eigenvalue weighted by Crippen LogP contribution is 2.29. The smallest absolute Gasteiger partial charge is 0.127 e. The lowest BCUT2D eigenvalue weighted by Gasteiger charge is -2.14. The molecule has 0 N–H and O–H groups in total. The fourth-order valence-corrected chi connectivity index (χ4v) is 2.20. The number of methoxy groups -OCH3 is 1. The van der Waals surface area contributed by atoms with Crippen LogP contribution in [-0.4, -0.2) is 16.7 Å². The first kappa shape index (κ1) is 12.2. The molecule has 4 heteroatoms. The van der Waals surface area contributed by atoms with Crippen molar-refractivity contribution in [1.82, 2.24) is 9.55 Å². The first-order valence-corrected chi connectivity index (χ1v) is 6.18.